The number of carbonyl (C=O) groups is 5. The first kappa shape index (κ1) is 39.8. The van der Waals surface area contributed by atoms with E-state index in [1.807, 2.05) is 0 Å². The summed E-state index contributed by atoms with van der Waals surface area (Å²) in [6.45, 7) is 15.4. The zero-order chi connectivity index (χ0) is 39.6. The molecule has 1 spiro atoms. The largest absolute Gasteiger partial charge is 0.509 e. The molecular formula is C40H52O13Si. The lowest BCUT2D eigenvalue weighted by atomic mass is 9.44. The number of hydrogen-bond acceptors (Lipinski definition) is 13. The van der Waals surface area contributed by atoms with Crippen molar-refractivity contribution in [3.05, 3.63) is 59.2 Å². The predicted octanol–water partition coefficient (Wildman–Crippen LogP) is 5.39. The van der Waals surface area contributed by atoms with E-state index >= 15 is 4.79 Å². The van der Waals surface area contributed by atoms with Gasteiger partial charge in [0, 0.05) is 24.8 Å². The second kappa shape index (κ2) is 14.0. The molecule has 54 heavy (non-hydrogen) atoms. The van der Waals surface area contributed by atoms with Crippen LogP contribution in [0.5, 0.6) is 0 Å². The van der Waals surface area contributed by atoms with Crippen molar-refractivity contribution >= 4 is 38.2 Å². The Morgan fingerprint density at radius 1 is 1.02 bits per heavy atom. The minimum atomic E-state index is -2.57. The van der Waals surface area contributed by atoms with Crippen molar-refractivity contribution in [1.82, 2.24) is 0 Å². The van der Waals surface area contributed by atoms with Crippen molar-refractivity contribution in [3.8, 4) is 0 Å². The van der Waals surface area contributed by atoms with Crippen molar-refractivity contribution in [2.24, 2.45) is 16.7 Å². The summed E-state index contributed by atoms with van der Waals surface area (Å²) in [6, 6.07) is 10.3. The minimum Gasteiger partial charge on any atom is -0.454 e. The topological polar surface area (TPSA) is 170 Å². The first-order valence-electron chi connectivity index (χ1n) is 18.9. The van der Waals surface area contributed by atoms with Gasteiger partial charge in [-0.3, -0.25) is 9.59 Å². The van der Waals surface area contributed by atoms with Crippen LogP contribution in [0.25, 0.3) is 0 Å². The molecule has 1 aromatic rings. The van der Waals surface area contributed by atoms with Crippen LogP contribution in [0, 0.1) is 16.7 Å². The molecule has 0 amide bonds. The Morgan fingerprint density at radius 3 is 2.22 bits per heavy atom. The molecule has 2 aliphatic heterocycles. The average molecular weight is 769 g/mol. The summed E-state index contributed by atoms with van der Waals surface area (Å²) in [5.74, 6) is -4.28. The monoisotopic (exact) mass is 768 g/mol. The van der Waals surface area contributed by atoms with Crippen LogP contribution < -0.4 is 0 Å². The van der Waals surface area contributed by atoms with Crippen molar-refractivity contribution in [2.45, 2.75) is 135 Å². The second-order valence-electron chi connectivity index (χ2n) is 15.9. The number of fused-ring (bicyclic) bond motifs is 4. The number of Topliss-reactive ketones (excluding diaryl/α,β-unsaturated/α-hetero) is 1. The van der Waals surface area contributed by atoms with Gasteiger partial charge in [0.2, 0.25) is 5.60 Å². The second-order valence-corrected chi connectivity index (χ2v) is 20.6. The molecule has 13 nitrogen and oxygen atoms in total. The lowest BCUT2D eigenvalue weighted by molar-refractivity contribution is -0.344. The van der Waals surface area contributed by atoms with Gasteiger partial charge in [-0.15, -0.1) is 0 Å². The molecule has 2 heterocycles. The Bertz CT molecular complexity index is 1760. The Kier molecular flexibility index (Phi) is 10.3. The molecule has 0 aromatic heterocycles. The van der Waals surface area contributed by atoms with Gasteiger partial charge in [0.15, 0.2) is 38.0 Å². The fourth-order valence-corrected chi connectivity index (χ4v) is 13.2. The highest BCUT2D eigenvalue weighted by Crippen LogP contribution is 2.67. The fraction of sp³-hybridized carbons (Fsp3) is 0.625. The summed E-state index contributed by atoms with van der Waals surface area (Å²) in [5.41, 5.74) is -6.46. The first-order valence-corrected chi connectivity index (χ1v) is 21.4. The molecule has 1 unspecified atom stereocenters. The Labute approximate surface area is 316 Å². The smallest absolute Gasteiger partial charge is 0.454 e. The number of esters is 3. The fourth-order valence-electron chi connectivity index (χ4n) is 10.2. The van der Waals surface area contributed by atoms with Crippen molar-refractivity contribution < 1.29 is 61.9 Å². The van der Waals surface area contributed by atoms with E-state index in [2.05, 4.69) is 20.8 Å². The van der Waals surface area contributed by atoms with Crippen LogP contribution >= 0.6 is 0 Å². The van der Waals surface area contributed by atoms with E-state index in [1.54, 1.807) is 65.0 Å². The molecule has 2 saturated carbocycles. The Balaban J connectivity index is 1.75. The van der Waals surface area contributed by atoms with E-state index < -0.39 is 103 Å². The number of ether oxygens (including phenoxy) is 6. The molecule has 5 aliphatic rings. The van der Waals surface area contributed by atoms with Crippen LogP contribution in [0.4, 0.5) is 4.79 Å². The van der Waals surface area contributed by atoms with Crippen LogP contribution in [-0.2, 0) is 47.2 Å². The summed E-state index contributed by atoms with van der Waals surface area (Å²) in [4.78, 5) is 70.7. The molecule has 14 heteroatoms. The molecule has 4 fully saturated rings. The summed E-state index contributed by atoms with van der Waals surface area (Å²) < 4.78 is 44.6. The van der Waals surface area contributed by atoms with Crippen molar-refractivity contribution in [3.63, 3.8) is 0 Å². The summed E-state index contributed by atoms with van der Waals surface area (Å²) >= 11 is 0. The van der Waals surface area contributed by atoms with Gasteiger partial charge in [-0.2, -0.15) is 0 Å². The number of rotatable bonds is 10. The number of carbonyl (C=O) groups excluding carboxylic acids is 5. The van der Waals surface area contributed by atoms with Crippen LogP contribution in [0.15, 0.2) is 53.6 Å². The minimum absolute atomic E-state index is 0.117. The van der Waals surface area contributed by atoms with E-state index in [1.165, 1.54) is 19.1 Å². The highest BCUT2D eigenvalue weighted by Gasteiger charge is 2.83. The highest BCUT2D eigenvalue weighted by atomic mass is 28.4. The van der Waals surface area contributed by atoms with Crippen molar-refractivity contribution in [2.75, 3.05) is 6.61 Å². The predicted molar refractivity (Wildman–Crippen MR) is 194 cm³/mol. The lowest BCUT2D eigenvalue weighted by Crippen LogP contribution is -2.83. The molecule has 294 valence electrons. The average Bonchev–Trinajstić information content (AvgIpc) is 3.50. The molecule has 6 rings (SSSR count). The van der Waals surface area contributed by atoms with Gasteiger partial charge in [-0.05, 0) is 62.2 Å². The molecule has 0 radical (unpaired) electrons. The quantitative estimate of drug-likeness (QED) is 0.106. The third-order valence-corrected chi connectivity index (χ3v) is 17.9. The third kappa shape index (κ3) is 5.61. The summed E-state index contributed by atoms with van der Waals surface area (Å²) in [7, 11) is -2.57. The van der Waals surface area contributed by atoms with E-state index in [9.17, 15) is 24.3 Å². The molecule has 2 bridgehead atoms. The molecule has 2 saturated heterocycles. The Morgan fingerprint density at radius 2 is 1.67 bits per heavy atom. The highest BCUT2D eigenvalue weighted by molar-refractivity contribution is 6.73. The van der Waals surface area contributed by atoms with E-state index in [0.29, 0.717) is 0 Å². The molecular weight excluding hydrogens is 717 g/mol. The van der Waals surface area contributed by atoms with Gasteiger partial charge in [0.1, 0.15) is 12.2 Å². The molecule has 10 atom stereocenters. The Hall–Kier alpha value is -3.85. The standard InChI is InChI=1S/C40H52O13Si/c1-10-17-27(42)48-30-28-22(5)29(43)33-40(37(28,7)8,52-36(46)50-33)34(49-35(45)24-18-15-14-16-19-24)31-38(9,32(30)44)25(53-54(11-2,12-3)13-4)20-26-39(31,21-47-26)51-23(6)41/h10,14-19,25-26,29-31,33-34,43H,11-13,20-21H2,1-9H3/b17-10+/t25-,26+,29+,30+,31?,33-,34-,38+,39-,40+/m0/s1. The number of hydrogen-bond donors (Lipinski definition) is 1. The van der Waals surface area contributed by atoms with Gasteiger partial charge in [-0.25, -0.2) is 14.4 Å². The number of ketones is 1. The summed E-state index contributed by atoms with van der Waals surface area (Å²) in [6.07, 6.45) is -6.47. The molecule has 1 aromatic carbocycles. The maximum absolute atomic E-state index is 16.0. The maximum atomic E-state index is 16.0. The summed E-state index contributed by atoms with van der Waals surface area (Å²) in [5, 5.41) is 12.1. The zero-order valence-corrected chi connectivity index (χ0v) is 33.5. The molecule has 3 aliphatic carbocycles. The van der Waals surface area contributed by atoms with Gasteiger partial charge >= 0.3 is 24.1 Å². The van der Waals surface area contributed by atoms with Crippen LogP contribution in [0.1, 0.15) is 79.1 Å². The molecule has 1 N–H and O–H groups in total. The van der Waals surface area contributed by atoms with E-state index in [-0.39, 0.29) is 29.7 Å². The van der Waals surface area contributed by atoms with Crippen LogP contribution in [0.3, 0.4) is 0 Å². The van der Waals surface area contributed by atoms with Gasteiger partial charge in [0.25, 0.3) is 0 Å². The van der Waals surface area contributed by atoms with Gasteiger partial charge in [-0.1, -0.05) is 58.9 Å². The van der Waals surface area contributed by atoms with Crippen LogP contribution in [-0.4, -0.2) is 97.7 Å². The number of allylic oxidation sites excluding steroid dienone is 1. The lowest BCUT2D eigenvalue weighted by Gasteiger charge is -2.68. The first-order chi connectivity index (χ1) is 25.4. The van der Waals surface area contributed by atoms with E-state index in [0.717, 1.165) is 18.1 Å². The van der Waals surface area contributed by atoms with E-state index in [4.69, 9.17) is 32.8 Å². The number of benzene rings is 1. The maximum Gasteiger partial charge on any atom is 0.509 e. The SMILES string of the molecule is C/C=C/C(=O)O[C@H]1C(=O)[C@@]2(C)C([C@H](OC(=O)c3ccccc3)[C@]34OC(=O)O[C@H]3[C@H](O)C(C)=C1C4(C)C)[C@]1(OC(C)=O)CO[C@@H]1C[C@@H]2O[Si](CC)(CC)CC. The van der Waals surface area contributed by atoms with Gasteiger partial charge < -0.3 is 38.0 Å². The van der Waals surface area contributed by atoms with Gasteiger partial charge in [0.05, 0.1) is 29.6 Å². The normalized spacial score (nSPS) is 36.7. The number of aliphatic hydroxyl groups is 1. The van der Waals surface area contributed by atoms with Crippen LogP contribution in [0.2, 0.25) is 18.1 Å². The zero-order valence-electron chi connectivity index (χ0n) is 32.5. The number of aliphatic hydroxyl groups excluding tert-OH is 1. The van der Waals surface area contributed by atoms with Crippen molar-refractivity contribution in [1.29, 1.82) is 0 Å². The third-order valence-electron chi connectivity index (χ3n) is 13.2.